The van der Waals surface area contributed by atoms with Gasteiger partial charge in [0, 0.05) is 6.42 Å². The number of rotatable bonds is 11. The van der Waals surface area contributed by atoms with Crippen LogP contribution in [0.3, 0.4) is 0 Å². The number of fused-ring (bicyclic) bond motifs is 2. The zero-order chi connectivity index (χ0) is 16.3. The van der Waals surface area contributed by atoms with Crippen molar-refractivity contribution in [2.45, 2.75) is 114 Å². The molecule has 2 rings (SSSR count). The molecule has 0 spiro atoms. The van der Waals surface area contributed by atoms with E-state index in [2.05, 4.69) is 4.74 Å². The molecular formula is C20H37BO2. The standard InChI is InChI=1S/C20H37BO2/c1-23-20(22)16-8-6-4-2-3-5-7-9-17-21-18-12-10-13-19(21)15-11-14-18/h18-19H,2-17H2,1H3. The third-order valence-corrected chi connectivity index (χ3v) is 6.41. The summed E-state index contributed by atoms with van der Waals surface area (Å²) in [5, 5.41) is 0. The van der Waals surface area contributed by atoms with Gasteiger partial charge in [0.15, 0.2) is 0 Å². The molecule has 2 saturated heterocycles. The fourth-order valence-electron chi connectivity index (χ4n) is 5.10. The van der Waals surface area contributed by atoms with Crippen LogP contribution in [-0.4, -0.2) is 19.8 Å². The van der Waals surface area contributed by atoms with E-state index in [4.69, 9.17) is 0 Å². The molecule has 2 nitrogen and oxygen atoms in total. The topological polar surface area (TPSA) is 26.3 Å². The van der Waals surface area contributed by atoms with Crippen LogP contribution >= 0.6 is 0 Å². The predicted molar refractivity (Wildman–Crippen MR) is 99.3 cm³/mol. The predicted octanol–water partition coefficient (Wildman–Crippen LogP) is 6.27. The second-order valence-electron chi connectivity index (χ2n) is 7.99. The van der Waals surface area contributed by atoms with Gasteiger partial charge >= 0.3 is 5.97 Å². The van der Waals surface area contributed by atoms with Crippen molar-refractivity contribution in [3.8, 4) is 0 Å². The molecule has 23 heavy (non-hydrogen) atoms. The molecule has 0 aliphatic carbocycles. The third-order valence-electron chi connectivity index (χ3n) is 6.41. The second kappa shape index (κ2) is 11.2. The molecule has 0 N–H and O–H groups in total. The van der Waals surface area contributed by atoms with Crippen LogP contribution in [0.25, 0.3) is 0 Å². The van der Waals surface area contributed by atoms with Gasteiger partial charge in [-0.25, -0.2) is 0 Å². The Bertz CT molecular complexity index is 310. The van der Waals surface area contributed by atoms with Crippen LogP contribution < -0.4 is 0 Å². The Kier molecular flexibility index (Phi) is 9.15. The minimum absolute atomic E-state index is 0.0579. The lowest BCUT2D eigenvalue weighted by molar-refractivity contribution is -0.140. The van der Waals surface area contributed by atoms with Crippen molar-refractivity contribution in [1.29, 1.82) is 0 Å². The van der Waals surface area contributed by atoms with Crippen LogP contribution in [-0.2, 0) is 9.53 Å². The lowest BCUT2D eigenvalue weighted by atomic mass is 9.26. The molecule has 0 radical (unpaired) electrons. The maximum Gasteiger partial charge on any atom is 0.305 e. The molecule has 0 aromatic carbocycles. The molecule has 0 atom stereocenters. The van der Waals surface area contributed by atoms with Crippen LogP contribution in [0, 0.1) is 0 Å². The first-order valence-corrected chi connectivity index (χ1v) is 10.4. The van der Waals surface area contributed by atoms with Crippen LogP contribution in [0.1, 0.15) is 96.3 Å². The van der Waals surface area contributed by atoms with Gasteiger partial charge in [0.05, 0.1) is 7.11 Å². The van der Waals surface area contributed by atoms with Gasteiger partial charge in [0.1, 0.15) is 6.71 Å². The molecule has 3 heteroatoms. The van der Waals surface area contributed by atoms with Crippen LogP contribution in [0.4, 0.5) is 0 Å². The zero-order valence-corrected chi connectivity index (χ0v) is 15.4. The van der Waals surface area contributed by atoms with E-state index in [1.807, 2.05) is 0 Å². The van der Waals surface area contributed by atoms with Gasteiger partial charge < -0.3 is 4.74 Å². The van der Waals surface area contributed by atoms with Crippen LogP contribution in [0.15, 0.2) is 0 Å². The smallest absolute Gasteiger partial charge is 0.305 e. The molecular weight excluding hydrogens is 283 g/mol. The fraction of sp³-hybridized carbons (Fsp3) is 0.950. The van der Waals surface area contributed by atoms with E-state index in [0.29, 0.717) is 6.42 Å². The van der Waals surface area contributed by atoms with E-state index in [1.165, 1.54) is 96.9 Å². The maximum absolute atomic E-state index is 11.0. The summed E-state index contributed by atoms with van der Waals surface area (Å²) < 4.78 is 4.66. The van der Waals surface area contributed by atoms with Crippen molar-refractivity contribution < 1.29 is 9.53 Å². The summed E-state index contributed by atoms with van der Waals surface area (Å²) in [5.41, 5.74) is 0. The molecule has 0 aromatic heterocycles. The fourth-order valence-corrected chi connectivity index (χ4v) is 5.10. The number of hydrogen-bond acceptors (Lipinski definition) is 2. The van der Waals surface area contributed by atoms with Gasteiger partial charge in [0.2, 0.25) is 0 Å². The van der Waals surface area contributed by atoms with E-state index >= 15 is 0 Å². The molecule has 2 bridgehead atoms. The number of carbonyl (C=O) groups excluding carboxylic acids is 1. The van der Waals surface area contributed by atoms with Gasteiger partial charge in [-0.05, 0) is 6.42 Å². The van der Waals surface area contributed by atoms with Crippen LogP contribution in [0.5, 0.6) is 0 Å². The molecule has 2 fully saturated rings. The largest absolute Gasteiger partial charge is 0.469 e. The zero-order valence-electron chi connectivity index (χ0n) is 15.4. The summed E-state index contributed by atoms with van der Waals surface area (Å²) in [6.07, 6.45) is 21.8. The Morgan fingerprint density at radius 3 is 1.83 bits per heavy atom. The first-order chi connectivity index (χ1) is 11.3. The Balaban J connectivity index is 1.40. The molecule has 132 valence electrons. The Morgan fingerprint density at radius 2 is 1.30 bits per heavy atom. The summed E-state index contributed by atoms with van der Waals surface area (Å²) in [5.74, 6) is 2.13. The summed E-state index contributed by atoms with van der Waals surface area (Å²) in [6, 6.07) is 0. The lowest BCUT2D eigenvalue weighted by Crippen LogP contribution is -2.34. The molecule has 2 heterocycles. The maximum atomic E-state index is 11.0. The summed E-state index contributed by atoms with van der Waals surface area (Å²) in [7, 11) is 1.48. The first kappa shape index (κ1) is 18.9. The quantitative estimate of drug-likeness (QED) is 0.255. The van der Waals surface area contributed by atoms with Gasteiger partial charge in [-0.2, -0.15) is 0 Å². The van der Waals surface area contributed by atoms with Gasteiger partial charge in [-0.1, -0.05) is 101 Å². The number of unbranched alkanes of at least 4 members (excludes halogenated alkanes) is 7. The molecule has 0 aromatic rings. The molecule has 2 aliphatic heterocycles. The highest BCUT2D eigenvalue weighted by atomic mass is 16.5. The summed E-state index contributed by atoms with van der Waals surface area (Å²) >= 11 is 0. The first-order valence-electron chi connectivity index (χ1n) is 10.4. The van der Waals surface area contributed by atoms with Crippen LogP contribution in [0.2, 0.25) is 18.0 Å². The highest BCUT2D eigenvalue weighted by molar-refractivity contribution is 6.62. The Morgan fingerprint density at radius 1 is 0.826 bits per heavy atom. The van der Waals surface area contributed by atoms with Crippen molar-refractivity contribution in [2.24, 2.45) is 0 Å². The minimum atomic E-state index is -0.0579. The average Bonchev–Trinajstić information content (AvgIpc) is 2.56. The number of carbonyl (C=O) groups is 1. The van der Waals surface area contributed by atoms with Crippen molar-refractivity contribution in [3.05, 3.63) is 0 Å². The van der Waals surface area contributed by atoms with Crippen molar-refractivity contribution in [3.63, 3.8) is 0 Å². The normalized spacial score (nSPS) is 23.8. The summed E-state index contributed by atoms with van der Waals surface area (Å²) in [6.45, 7) is 1.09. The van der Waals surface area contributed by atoms with E-state index in [9.17, 15) is 4.79 Å². The monoisotopic (exact) mass is 320 g/mol. The highest BCUT2D eigenvalue weighted by Crippen LogP contribution is 2.48. The van der Waals surface area contributed by atoms with Crippen molar-refractivity contribution in [1.82, 2.24) is 0 Å². The second-order valence-corrected chi connectivity index (χ2v) is 7.99. The SMILES string of the molecule is COC(=O)CCCCCCCCCCB1C2CCCC1CCC2. The number of hydrogen-bond donors (Lipinski definition) is 0. The molecule has 2 aliphatic rings. The lowest BCUT2D eigenvalue weighted by Gasteiger charge is -2.40. The number of ether oxygens (including phenoxy) is 1. The number of methoxy groups -OCH3 is 1. The van der Waals surface area contributed by atoms with Gasteiger partial charge in [0.25, 0.3) is 0 Å². The van der Waals surface area contributed by atoms with Crippen molar-refractivity contribution >= 4 is 12.7 Å². The van der Waals surface area contributed by atoms with E-state index in [0.717, 1.165) is 24.8 Å². The Labute approximate surface area is 144 Å². The van der Waals surface area contributed by atoms with Gasteiger partial charge in [-0.15, -0.1) is 0 Å². The van der Waals surface area contributed by atoms with E-state index in [-0.39, 0.29) is 5.97 Å². The molecule has 0 amide bonds. The highest BCUT2D eigenvalue weighted by Gasteiger charge is 2.37. The van der Waals surface area contributed by atoms with Gasteiger partial charge in [-0.3, -0.25) is 4.79 Å². The average molecular weight is 320 g/mol. The molecule has 0 saturated carbocycles. The summed E-state index contributed by atoms with van der Waals surface area (Å²) in [4.78, 5) is 11.0. The Hall–Kier alpha value is -0.465. The third kappa shape index (κ3) is 6.89. The number of esters is 1. The minimum Gasteiger partial charge on any atom is -0.469 e. The van der Waals surface area contributed by atoms with E-state index < -0.39 is 0 Å². The van der Waals surface area contributed by atoms with Crippen molar-refractivity contribution in [2.75, 3.05) is 7.11 Å². The van der Waals surface area contributed by atoms with E-state index in [1.54, 1.807) is 0 Å². The molecule has 0 unspecified atom stereocenters.